The van der Waals surface area contributed by atoms with E-state index in [-0.39, 0.29) is 0 Å². The van der Waals surface area contributed by atoms with Crippen LogP contribution in [-0.4, -0.2) is 21.7 Å². The van der Waals surface area contributed by atoms with Gasteiger partial charge >= 0.3 is 5.97 Å². The standard InChI is InChI=1S/C15H18N2O2/c1-4-10-6-5-7-13-14(10)11(9(2)17(13)3)8-12(16)15(18)19/h4-7,12H,1,8,16H2,2-3H3,(H,18,19). The molecule has 1 heterocycles. The Bertz CT molecular complexity index is 656. The van der Waals surface area contributed by atoms with Crippen molar-refractivity contribution in [3.05, 3.63) is 41.6 Å². The van der Waals surface area contributed by atoms with Gasteiger partial charge in [-0.2, -0.15) is 0 Å². The lowest BCUT2D eigenvalue weighted by Gasteiger charge is -2.08. The number of aliphatic carboxylic acids is 1. The van der Waals surface area contributed by atoms with Crippen molar-refractivity contribution in [1.82, 2.24) is 4.57 Å². The predicted molar refractivity (Wildman–Crippen MR) is 77.1 cm³/mol. The van der Waals surface area contributed by atoms with Gasteiger partial charge in [-0.15, -0.1) is 0 Å². The fourth-order valence-corrected chi connectivity index (χ4v) is 2.46. The largest absolute Gasteiger partial charge is 0.480 e. The fourth-order valence-electron chi connectivity index (χ4n) is 2.46. The number of rotatable bonds is 4. The summed E-state index contributed by atoms with van der Waals surface area (Å²) >= 11 is 0. The number of aryl methyl sites for hydroxylation is 1. The van der Waals surface area contributed by atoms with Crippen LogP contribution in [0.15, 0.2) is 24.8 Å². The molecule has 4 heteroatoms. The molecule has 3 N–H and O–H groups in total. The van der Waals surface area contributed by atoms with Gasteiger partial charge in [-0.25, -0.2) is 0 Å². The second-order valence-corrected chi connectivity index (χ2v) is 4.72. The van der Waals surface area contributed by atoms with Gasteiger partial charge in [0, 0.05) is 30.1 Å². The Hall–Kier alpha value is -2.07. The van der Waals surface area contributed by atoms with E-state index >= 15 is 0 Å². The smallest absolute Gasteiger partial charge is 0.320 e. The highest BCUT2D eigenvalue weighted by Crippen LogP contribution is 2.29. The van der Waals surface area contributed by atoms with Crippen LogP contribution in [0.3, 0.4) is 0 Å². The molecule has 0 fully saturated rings. The molecule has 1 aromatic carbocycles. The zero-order chi connectivity index (χ0) is 14.2. The molecule has 2 aromatic rings. The Balaban J connectivity index is 2.68. The molecule has 0 bridgehead atoms. The molecular weight excluding hydrogens is 240 g/mol. The Labute approximate surface area is 112 Å². The maximum atomic E-state index is 11.0. The van der Waals surface area contributed by atoms with Crippen molar-refractivity contribution in [2.24, 2.45) is 12.8 Å². The molecule has 0 saturated carbocycles. The number of aromatic nitrogens is 1. The minimum atomic E-state index is -0.979. The third kappa shape index (κ3) is 2.15. The summed E-state index contributed by atoms with van der Waals surface area (Å²) in [5.41, 5.74) is 9.79. The Kier molecular flexibility index (Phi) is 3.44. The number of carboxylic acids is 1. The highest BCUT2D eigenvalue weighted by Gasteiger charge is 2.19. The van der Waals surface area contributed by atoms with E-state index < -0.39 is 12.0 Å². The first-order chi connectivity index (χ1) is 8.97. The van der Waals surface area contributed by atoms with Crippen molar-refractivity contribution in [2.75, 3.05) is 0 Å². The van der Waals surface area contributed by atoms with E-state index in [1.54, 1.807) is 6.08 Å². The van der Waals surface area contributed by atoms with E-state index in [1.165, 1.54) is 0 Å². The minimum absolute atomic E-state index is 0.323. The summed E-state index contributed by atoms with van der Waals surface area (Å²) in [6, 6.07) is 5.08. The molecule has 0 saturated heterocycles. The summed E-state index contributed by atoms with van der Waals surface area (Å²) in [6.45, 7) is 5.80. The number of fused-ring (bicyclic) bond motifs is 1. The van der Waals surface area contributed by atoms with Gasteiger partial charge in [0.05, 0.1) is 0 Å². The molecule has 1 aromatic heterocycles. The quantitative estimate of drug-likeness (QED) is 0.882. The molecule has 0 aliphatic heterocycles. The zero-order valence-electron chi connectivity index (χ0n) is 11.2. The average molecular weight is 258 g/mol. The molecule has 1 unspecified atom stereocenters. The molecule has 100 valence electrons. The number of nitrogens with zero attached hydrogens (tertiary/aromatic N) is 1. The highest BCUT2D eigenvalue weighted by atomic mass is 16.4. The first-order valence-corrected chi connectivity index (χ1v) is 6.15. The van der Waals surface area contributed by atoms with Crippen LogP contribution in [0.4, 0.5) is 0 Å². The monoisotopic (exact) mass is 258 g/mol. The van der Waals surface area contributed by atoms with Crippen LogP contribution in [0.5, 0.6) is 0 Å². The van der Waals surface area contributed by atoms with Crippen LogP contribution in [0, 0.1) is 6.92 Å². The van der Waals surface area contributed by atoms with Crippen LogP contribution < -0.4 is 5.73 Å². The first kappa shape index (κ1) is 13.4. The van der Waals surface area contributed by atoms with E-state index in [0.29, 0.717) is 6.42 Å². The van der Waals surface area contributed by atoms with Gasteiger partial charge in [0.25, 0.3) is 0 Å². The van der Waals surface area contributed by atoms with Crippen LogP contribution in [-0.2, 0) is 18.3 Å². The van der Waals surface area contributed by atoms with Gasteiger partial charge in [0.15, 0.2) is 0 Å². The summed E-state index contributed by atoms with van der Waals surface area (Å²) in [4.78, 5) is 11.0. The van der Waals surface area contributed by atoms with Crippen molar-refractivity contribution in [1.29, 1.82) is 0 Å². The molecule has 19 heavy (non-hydrogen) atoms. The van der Waals surface area contributed by atoms with Gasteiger partial charge in [0.2, 0.25) is 0 Å². The van der Waals surface area contributed by atoms with Gasteiger partial charge in [-0.05, 0) is 24.1 Å². The SMILES string of the molecule is C=Cc1cccc2c1c(CC(N)C(=O)O)c(C)n2C. The van der Waals surface area contributed by atoms with Crippen LogP contribution in [0.1, 0.15) is 16.8 Å². The molecule has 0 radical (unpaired) electrons. The Morgan fingerprint density at radius 1 is 1.58 bits per heavy atom. The predicted octanol–water partition coefficient (Wildman–Crippen LogP) is 2.08. The fraction of sp³-hybridized carbons (Fsp3) is 0.267. The van der Waals surface area contributed by atoms with Crippen LogP contribution >= 0.6 is 0 Å². The number of carbonyl (C=O) groups is 1. The lowest BCUT2D eigenvalue weighted by Crippen LogP contribution is -2.32. The van der Waals surface area contributed by atoms with Gasteiger partial charge in [-0.1, -0.05) is 24.8 Å². The average Bonchev–Trinajstić information content (AvgIpc) is 2.64. The lowest BCUT2D eigenvalue weighted by molar-refractivity contribution is -0.138. The van der Waals surface area contributed by atoms with Crippen molar-refractivity contribution < 1.29 is 9.90 Å². The number of carboxylic acid groups (broad SMARTS) is 1. The van der Waals surface area contributed by atoms with E-state index in [9.17, 15) is 4.79 Å². The Morgan fingerprint density at radius 3 is 2.84 bits per heavy atom. The molecule has 4 nitrogen and oxygen atoms in total. The van der Waals surface area contributed by atoms with E-state index in [4.69, 9.17) is 10.8 Å². The molecule has 0 amide bonds. The third-order valence-corrected chi connectivity index (χ3v) is 3.64. The number of hydrogen-bond donors (Lipinski definition) is 2. The number of hydrogen-bond acceptors (Lipinski definition) is 2. The van der Waals surface area contributed by atoms with E-state index in [2.05, 4.69) is 11.1 Å². The van der Waals surface area contributed by atoms with Crippen molar-refractivity contribution in [3.63, 3.8) is 0 Å². The zero-order valence-corrected chi connectivity index (χ0v) is 11.2. The van der Waals surface area contributed by atoms with Crippen molar-refractivity contribution in [2.45, 2.75) is 19.4 Å². The summed E-state index contributed by atoms with van der Waals surface area (Å²) < 4.78 is 2.06. The first-order valence-electron chi connectivity index (χ1n) is 6.15. The van der Waals surface area contributed by atoms with Gasteiger partial charge < -0.3 is 15.4 Å². The Morgan fingerprint density at radius 2 is 2.26 bits per heavy atom. The van der Waals surface area contributed by atoms with Gasteiger partial charge in [0.1, 0.15) is 6.04 Å². The maximum absolute atomic E-state index is 11.0. The molecule has 2 rings (SSSR count). The van der Waals surface area contributed by atoms with Crippen LogP contribution in [0.25, 0.3) is 17.0 Å². The molecular formula is C15H18N2O2. The van der Waals surface area contributed by atoms with Crippen LogP contribution in [0.2, 0.25) is 0 Å². The van der Waals surface area contributed by atoms with E-state index in [1.807, 2.05) is 32.2 Å². The summed E-state index contributed by atoms with van der Waals surface area (Å²) in [7, 11) is 1.97. The second kappa shape index (κ2) is 4.90. The highest BCUT2D eigenvalue weighted by molar-refractivity contribution is 5.93. The molecule has 0 aliphatic carbocycles. The van der Waals surface area contributed by atoms with Crippen molar-refractivity contribution >= 4 is 22.9 Å². The summed E-state index contributed by atoms with van der Waals surface area (Å²) in [5.74, 6) is -0.979. The van der Waals surface area contributed by atoms with E-state index in [0.717, 1.165) is 27.7 Å². The third-order valence-electron chi connectivity index (χ3n) is 3.64. The summed E-state index contributed by atoms with van der Waals surface area (Å²) in [6.07, 6.45) is 2.11. The molecule has 0 aliphatic rings. The summed E-state index contributed by atoms with van der Waals surface area (Å²) in [5, 5.41) is 10.0. The second-order valence-electron chi connectivity index (χ2n) is 4.72. The van der Waals surface area contributed by atoms with Gasteiger partial charge in [-0.3, -0.25) is 4.79 Å². The maximum Gasteiger partial charge on any atom is 0.320 e. The molecule has 0 spiro atoms. The topological polar surface area (TPSA) is 68.2 Å². The minimum Gasteiger partial charge on any atom is -0.480 e. The molecule has 1 atom stereocenters. The lowest BCUT2D eigenvalue weighted by atomic mass is 9.99. The normalized spacial score (nSPS) is 12.6. The van der Waals surface area contributed by atoms with Crippen molar-refractivity contribution in [3.8, 4) is 0 Å². The number of nitrogens with two attached hydrogens (primary N) is 1. The number of benzene rings is 1.